The number of nitrogens with zero attached hydrogens (tertiary/aromatic N) is 1. The van der Waals surface area contributed by atoms with Crippen LogP contribution in [0.1, 0.15) is 20.3 Å². The van der Waals surface area contributed by atoms with Crippen LogP contribution in [0, 0.1) is 5.92 Å². The van der Waals surface area contributed by atoms with Crippen molar-refractivity contribution in [3.63, 3.8) is 0 Å². The van der Waals surface area contributed by atoms with Gasteiger partial charge in [-0.1, -0.05) is 20.3 Å². The van der Waals surface area contributed by atoms with E-state index in [4.69, 9.17) is 5.11 Å². The molecule has 2 N–H and O–H groups in total. The van der Waals surface area contributed by atoms with Gasteiger partial charge < -0.3 is 15.3 Å². The smallest absolute Gasteiger partial charge is 0.326 e. The third kappa shape index (κ3) is 3.97. The first-order valence-electron chi connectivity index (χ1n) is 6.09. The number of aliphatic carboxylic acids is 1. The summed E-state index contributed by atoms with van der Waals surface area (Å²) in [5.74, 6) is -0.202. The molecule has 1 aliphatic heterocycles. The Bertz CT molecular complexity index is 338. The third-order valence-electron chi connectivity index (χ3n) is 3.22. The number of carboxylic acids is 1. The van der Waals surface area contributed by atoms with Crippen LogP contribution >= 0.6 is 0 Å². The summed E-state index contributed by atoms with van der Waals surface area (Å²) in [6, 6.07) is -1.24. The molecule has 0 unspecified atom stereocenters. The van der Waals surface area contributed by atoms with Crippen LogP contribution in [0.15, 0.2) is 0 Å². The minimum absolute atomic E-state index is 0.120. The van der Waals surface area contributed by atoms with Crippen LogP contribution in [-0.4, -0.2) is 56.9 Å². The van der Waals surface area contributed by atoms with E-state index in [1.807, 2.05) is 6.92 Å². The van der Waals surface area contributed by atoms with Crippen molar-refractivity contribution in [1.29, 1.82) is 0 Å². The molecule has 2 amide bonds. The highest BCUT2D eigenvalue weighted by Crippen LogP contribution is 2.09. The molecular formula is C11H20N2O4S. The third-order valence-corrected chi connectivity index (χ3v) is 4.50. The molecule has 0 saturated carbocycles. The molecule has 0 spiro atoms. The molecule has 1 aliphatic rings. The normalized spacial score (nSPS) is 20.2. The molecule has 0 aromatic rings. The highest BCUT2D eigenvalue weighted by Gasteiger charge is 2.28. The lowest BCUT2D eigenvalue weighted by Gasteiger charge is -2.29. The predicted molar refractivity (Wildman–Crippen MR) is 68.9 cm³/mol. The lowest BCUT2D eigenvalue weighted by molar-refractivity contribution is -0.140. The maximum absolute atomic E-state index is 11.9. The first-order chi connectivity index (χ1) is 8.45. The minimum Gasteiger partial charge on any atom is -0.480 e. The van der Waals surface area contributed by atoms with Gasteiger partial charge in [0.15, 0.2) is 0 Å². The van der Waals surface area contributed by atoms with Gasteiger partial charge in [-0.25, -0.2) is 9.59 Å². The highest BCUT2D eigenvalue weighted by molar-refractivity contribution is 7.85. The number of urea groups is 1. The van der Waals surface area contributed by atoms with Gasteiger partial charge in [-0.3, -0.25) is 4.21 Å². The Balaban J connectivity index is 2.56. The average Bonchev–Trinajstić information content (AvgIpc) is 2.35. The zero-order valence-corrected chi connectivity index (χ0v) is 11.5. The number of hydrogen-bond donors (Lipinski definition) is 2. The number of rotatable bonds is 4. The first kappa shape index (κ1) is 14.9. The number of hydrogen-bond acceptors (Lipinski definition) is 3. The monoisotopic (exact) mass is 276 g/mol. The van der Waals surface area contributed by atoms with Crippen molar-refractivity contribution in [3.05, 3.63) is 0 Å². The lowest BCUT2D eigenvalue weighted by atomic mass is 9.99. The van der Waals surface area contributed by atoms with Crippen molar-refractivity contribution in [1.82, 2.24) is 10.2 Å². The summed E-state index contributed by atoms with van der Waals surface area (Å²) in [7, 11) is -0.847. The zero-order valence-electron chi connectivity index (χ0n) is 10.7. The Hall–Kier alpha value is -1.11. The Morgan fingerprint density at radius 3 is 2.39 bits per heavy atom. The first-order valence-corrected chi connectivity index (χ1v) is 7.57. The fourth-order valence-corrected chi connectivity index (χ4v) is 2.80. The Morgan fingerprint density at radius 2 is 1.94 bits per heavy atom. The summed E-state index contributed by atoms with van der Waals surface area (Å²) in [6.07, 6.45) is 0.682. The number of nitrogens with one attached hydrogen (secondary N) is 1. The molecule has 1 fully saturated rings. The van der Waals surface area contributed by atoms with Gasteiger partial charge in [0.1, 0.15) is 6.04 Å². The molecule has 1 heterocycles. The number of carbonyl (C=O) groups excluding carboxylic acids is 1. The summed E-state index contributed by atoms with van der Waals surface area (Å²) < 4.78 is 11.2. The van der Waals surface area contributed by atoms with Crippen LogP contribution in [0.5, 0.6) is 0 Å². The molecule has 7 heteroatoms. The molecule has 0 bridgehead atoms. The Labute approximate surface area is 109 Å². The molecule has 0 aromatic heterocycles. The second-order valence-corrected chi connectivity index (χ2v) is 6.18. The SMILES string of the molecule is CC[C@H](C)[C@H](NC(=O)N1CCS(=O)CC1)C(=O)O. The fourth-order valence-electron chi connectivity index (χ4n) is 1.75. The fraction of sp³-hybridized carbons (Fsp3) is 0.818. The van der Waals surface area contributed by atoms with Gasteiger partial charge in [-0.15, -0.1) is 0 Å². The largest absolute Gasteiger partial charge is 0.480 e. The molecule has 104 valence electrons. The maximum atomic E-state index is 11.9. The highest BCUT2D eigenvalue weighted by atomic mass is 32.2. The van der Waals surface area contributed by atoms with Crippen molar-refractivity contribution >= 4 is 22.8 Å². The molecule has 0 radical (unpaired) electrons. The quantitative estimate of drug-likeness (QED) is 0.771. The molecule has 0 aliphatic carbocycles. The number of amides is 2. The second kappa shape index (κ2) is 6.72. The standard InChI is InChI=1S/C11H20N2O4S/c1-3-8(2)9(10(14)15)12-11(16)13-4-6-18(17)7-5-13/h8-9H,3-7H2,1-2H3,(H,12,16)(H,14,15)/t8-,9-/m0/s1. The summed E-state index contributed by atoms with van der Waals surface area (Å²) in [6.45, 7) is 4.53. The molecule has 0 aromatic carbocycles. The second-order valence-electron chi connectivity index (χ2n) is 4.49. The van der Waals surface area contributed by atoms with Gasteiger partial charge in [0.05, 0.1) is 0 Å². The van der Waals surface area contributed by atoms with Crippen LogP contribution in [0.2, 0.25) is 0 Å². The van der Waals surface area contributed by atoms with Crippen molar-refractivity contribution in [2.75, 3.05) is 24.6 Å². The van der Waals surface area contributed by atoms with Crippen molar-refractivity contribution in [2.45, 2.75) is 26.3 Å². The van der Waals surface area contributed by atoms with Gasteiger partial charge in [0, 0.05) is 35.4 Å². The van der Waals surface area contributed by atoms with Crippen LogP contribution in [0.25, 0.3) is 0 Å². The van der Waals surface area contributed by atoms with E-state index in [-0.39, 0.29) is 11.9 Å². The topological polar surface area (TPSA) is 86.7 Å². The molecule has 6 nitrogen and oxygen atoms in total. The minimum atomic E-state index is -1.02. The van der Waals surface area contributed by atoms with E-state index in [1.165, 1.54) is 4.90 Å². The Kier molecular flexibility index (Phi) is 5.58. The van der Waals surface area contributed by atoms with E-state index in [0.717, 1.165) is 0 Å². The molecule has 1 rings (SSSR count). The molecule has 18 heavy (non-hydrogen) atoms. The lowest BCUT2D eigenvalue weighted by Crippen LogP contribution is -2.53. The molecule has 1 saturated heterocycles. The van der Waals surface area contributed by atoms with Crippen LogP contribution in [0.4, 0.5) is 4.79 Å². The van der Waals surface area contributed by atoms with E-state index in [1.54, 1.807) is 6.92 Å². The van der Waals surface area contributed by atoms with Crippen molar-refractivity contribution in [3.8, 4) is 0 Å². The average molecular weight is 276 g/mol. The van der Waals surface area contributed by atoms with Crippen LogP contribution < -0.4 is 5.32 Å². The van der Waals surface area contributed by atoms with Gasteiger partial charge in [-0.2, -0.15) is 0 Å². The summed E-state index contributed by atoms with van der Waals surface area (Å²) in [4.78, 5) is 24.5. The zero-order chi connectivity index (χ0) is 13.7. The summed E-state index contributed by atoms with van der Waals surface area (Å²) >= 11 is 0. The number of carbonyl (C=O) groups is 2. The van der Waals surface area contributed by atoms with E-state index >= 15 is 0 Å². The van der Waals surface area contributed by atoms with Gasteiger partial charge >= 0.3 is 12.0 Å². The molecule has 2 atom stereocenters. The van der Waals surface area contributed by atoms with Gasteiger partial charge in [0.2, 0.25) is 0 Å². The maximum Gasteiger partial charge on any atom is 0.326 e. The van der Waals surface area contributed by atoms with Crippen LogP contribution in [0.3, 0.4) is 0 Å². The predicted octanol–water partition coefficient (Wildman–Crippen LogP) is 0.260. The van der Waals surface area contributed by atoms with E-state index in [0.29, 0.717) is 31.0 Å². The summed E-state index contributed by atoms with van der Waals surface area (Å²) in [5.41, 5.74) is 0. The van der Waals surface area contributed by atoms with Gasteiger partial charge in [0.25, 0.3) is 0 Å². The van der Waals surface area contributed by atoms with E-state index < -0.39 is 22.8 Å². The van der Waals surface area contributed by atoms with Crippen molar-refractivity contribution < 1.29 is 18.9 Å². The summed E-state index contributed by atoms with van der Waals surface area (Å²) in [5, 5.41) is 11.6. The Morgan fingerprint density at radius 1 is 1.39 bits per heavy atom. The van der Waals surface area contributed by atoms with E-state index in [2.05, 4.69) is 5.32 Å². The number of carboxylic acid groups (broad SMARTS) is 1. The van der Waals surface area contributed by atoms with E-state index in [9.17, 15) is 13.8 Å². The molecular weight excluding hydrogens is 256 g/mol. The van der Waals surface area contributed by atoms with Gasteiger partial charge in [-0.05, 0) is 5.92 Å². The van der Waals surface area contributed by atoms with Crippen molar-refractivity contribution in [2.24, 2.45) is 5.92 Å². The van der Waals surface area contributed by atoms with Crippen LogP contribution in [-0.2, 0) is 15.6 Å².